The Hall–Kier alpha value is -0.610. The van der Waals surface area contributed by atoms with Gasteiger partial charge in [0.15, 0.2) is 0 Å². The largest absolute Gasteiger partial charge is 0.340 e. The molecule has 0 unspecified atom stereocenters. The number of piperazine rings is 1. The summed E-state index contributed by atoms with van der Waals surface area (Å²) in [5.74, 6) is 0.361. The van der Waals surface area contributed by atoms with E-state index in [0.717, 1.165) is 39.1 Å². The van der Waals surface area contributed by atoms with E-state index in [1.54, 1.807) is 0 Å². The zero-order valence-corrected chi connectivity index (χ0v) is 13.4. The third-order valence-electron chi connectivity index (χ3n) is 5.77. The Morgan fingerprint density at radius 3 is 2.43 bits per heavy atom. The van der Waals surface area contributed by atoms with Crippen molar-refractivity contribution in [2.24, 2.45) is 5.41 Å². The smallest absolute Gasteiger partial charge is 0.223 e. The molecule has 0 aromatic carbocycles. The van der Waals surface area contributed by atoms with E-state index in [1.165, 1.54) is 58.0 Å². The maximum atomic E-state index is 12.3. The number of likely N-dealkylation sites (tertiary alicyclic amines) is 1. The van der Waals surface area contributed by atoms with Crippen LogP contribution in [0.25, 0.3) is 0 Å². The molecule has 1 amide bonds. The molecule has 3 rings (SSSR count). The number of piperidine rings is 1. The van der Waals surface area contributed by atoms with Crippen molar-refractivity contribution >= 4 is 5.91 Å². The van der Waals surface area contributed by atoms with E-state index in [0.29, 0.717) is 11.3 Å². The van der Waals surface area contributed by atoms with Crippen LogP contribution >= 0.6 is 0 Å². The van der Waals surface area contributed by atoms with Gasteiger partial charge in [-0.15, -0.1) is 0 Å². The van der Waals surface area contributed by atoms with Gasteiger partial charge in [0.1, 0.15) is 0 Å². The molecule has 3 aliphatic rings. The molecular formula is C17H31N3O. The monoisotopic (exact) mass is 293 g/mol. The summed E-state index contributed by atoms with van der Waals surface area (Å²) >= 11 is 0. The predicted octanol–water partition coefficient (Wildman–Crippen LogP) is 1.85. The second-order valence-corrected chi connectivity index (χ2v) is 7.32. The molecule has 2 aliphatic heterocycles. The number of amides is 1. The number of hydrogen-bond acceptors (Lipinski definition) is 3. The van der Waals surface area contributed by atoms with Crippen molar-refractivity contribution in [3.63, 3.8) is 0 Å². The summed E-state index contributed by atoms with van der Waals surface area (Å²) in [6, 6.07) is 0. The van der Waals surface area contributed by atoms with Crippen LogP contribution in [0, 0.1) is 5.41 Å². The molecule has 0 atom stereocenters. The Kier molecular flexibility index (Phi) is 5.17. The number of carbonyl (C=O) groups is 1. The van der Waals surface area contributed by atoms with Gasteiger partial charge in [-0.3, -0.25) is 4.79 Å². The molecule has 21 heavy (non-hydrogen) atoms. The first-order valence-corrected chi connectivity index (χ1v) is 8.98. The molecular weight excluding hydrogens is 262 g/mol. The first kappa shape index (κ1) is 15.3. The van der Waals surface area contributed by atoms with Crippen LogP contribution in [-0.2, 0) is 4.79 Å². The van der Waals surface area contributed by atoms with Crippen molar-refractivity contribution in [3.05, 3.63) is 0 Å². The van der Waals surface area contributed by atoms with E-state index < -0.39 is 0 Å². The van der Waals surface area contributed by atoms with Crippen molar-refractivity contribution in [2.75, 3.05) is 45.8 Å². The van der Waals surface area contributed by atoms with Gasteiger partial charge in [-0.05, 0) is 37.6 Å². The lowest BCUT2D eigenvalue weighted by Crippen LogP contribution is -2.48. The average molecular weight is 293 g/mol. The predicted molar refractivity (Wildman–Crippen MR) is 85.3 cm³/mol. The van der Waals surface area contributed by atoms with E-state index in [4.69, 9.17) is 0 Å². The molecule has 1 spiro atoms. The van der Waals surface area contributed by atoms with Crippen LogP contribution in [0.15, 0.2) is 0 Å². The normalized spacial score (nSPS) is 27.0. The van der Waals surface area contributed by atoms with Gasteiger partial charge in [0.05, 0.1) is 0 Å². The van der Waals surface area contributed by atoms with E-state index in [1.807, 2.05) is 4.90 Å². The Balaban J connectivity index is 1.45. The van der Waals surface area contributed by atoms with E-state index in [2.05, 4.69) is 10.2 Å². The van der Waals surface area contributed by atoms with E-state index in [9.17, 15) is 4.79 Å². The fourth-order valence-electron chi connectivity index (χ4n) is 4.54. The van der Waals surface area contributed by atoms with Gasteiger partial charge in [-0.1, -0.05) is 19.3 Å². The SMILES string of the molecule is O=C(CCN1CCCC2(CCCCC2)C1)N1CCNCC1. The number of nitrogens with one attached hydrogen (secondary N) is 1. The molecule has 0 radical (unpaired) electrons. The van der Waals surface area contributed by atoms with Gasteiger partial charge >= 0.3 is 0 Å². The van der Waals surface area contributed by atoms with Gasteiger partial charge in [0.25, 0.3) is 0 Å². The average Bonchev–Trinajstić information content (AvgIpc) is 2.54. The third kappa shape index (κ3) is 3.98. The molecule has 1 aliphatic carbocycles. The molecule has 0 bridgehead atoms. The molecule has 0 aromatic rings. The molecule has 1 saturated carbocycles. The van der Waals surface area contributed by atoms with Crippen LogP contribution in [-0.4, -0.2) is 61.5 Å². The van der Waals surface area contributed by atoms with E-state index in [-0.39, 0.29) is 0 Å². The first-order valence-electron chi connectivity index (χ1n) is 8.98. The number of carbonyl (C=O) groups excluding carboxylic acids is 1. The molecule has 1 N–H and O–H groups in total. The van der Waals surface area contributed by atoms with Crippen LogP contribution in [0.5, 0.6) is 0 Å². The van der Waals surface area contributed by atoms with Crippen LogP contribution in [0.3, 0.4) is 0 Å². The molecule has 2 heterocycles. The lowest BCUT2D eigenvalue weighted by molar-refractivity contribution is -0.132. The highest BCUT2D eigenvalue weighted by molar-refractivity contribution is 5.76. The Morgan fingerprint density at radius 1 is 0.952 bits per heavy atom. The number of nitrogens with zero attached hydrogens (tertiary/aromatic N) is 2. The van der Waals surface area contributed by atoms with Crippen molar-refractivity contribution in [1.29, 1.82) is 0 Å². The van der Waals surface area contributed by atoms with Crippen LogP contribution in [0.4, 0.5) is 0 Å². The minimum atomic E-state index is 0.361. The zero-order valence-electron chi connectivity index (χ0n) is 13.4. The highest BCUT2D eigenvalue weighted by Gasteiger charge is 2.36. The summed E-state index contributed by atoms with van der Waals surface area (Å²) in [4.78, 5) is 16.9. The standard InChI is InChI=1S/C17H31N3O/c21-16(20-13-9-18-10-14-20)5-12-19-11-4-8-17(15-19)6-2-1-3-7-17/h18H,1-15H2. The summed E-state index contributed by atoms with van der Waals surface area (Å²) < 4.78 is 0. The maximum absolute atomic E-state index is 12.3. The first-order chi connectivity index (χ1) is 10.3. The maximum Gasteiger partial charge on any atom is 0.223 e. The molecule has 2 saturated heterocycles. The number of rotatable bonds is 3. The second-order valence-electron chi connectivity index (χ2n) is 7.32. The van der Waals surface area contributed by atoms with Gasteiger partial charge in [-0.2, -0.15) is 0 Å². The molecule has 4 nitrogen and oxygen atoms in total. The fourth-order valence-corrected chi connectivity index (χ4v) is 4.54. The molecule has 120 valence electrons. The number of hydrogen-bond donors (Lipinski definition) is 1. The molecule has 4 heteroatoms. The van der Waals surface area contributed by atoms with Crippen molar-refractivity contribution < 1.29 is 4.79 Å². The highest BCUT2D eigenvalue weighted by Crippen LogP contribution is 2.43. The van der Waals surface area contributed by atoms with Gasteiger partial charge in [0.2, 0.25) is 5.91 Å². The second kappa shape index (κ2) is 7.10. The summed E-state index contributed by atoms with van der Waals surface area (Å²) in [5, 5.41) is 3.31. The highest BCUT2D eigenvalue weighted by atomic mass is 16.2. The van der Waals surface area contributed by atoms with Gasteiger partial charge < -0.3 is 15.1 Å². The van der Waals surface area contributed by atoms with Crippen molar-refractivity contribution in [3.8, 4) is 0 Å². The Bertz CT molecular complexity index is 340. The van der Waals surface area contributed by atoms with Crippen molar-refractivity contribution in [1.82, 2.24) is 15.1 Å². The minimum Gasteiger partial charge on any atom is -0.340 e. The summed E-state index contributed by atoms with van der Waals surface area (Å²) in [6.07, 6.45) is 10.6. The molecule has 3 fully saturated rings. The summed E-state index contributed by atoms with van der Waals surface area (Å²) in [6.45, 7) is 7.13. The summed E-state index contributed by atoms with van der Waals surface area (Å²) in [5.41, 5.74) is 0.606. The lowest BCUT2D eigenvalue weighted by Gasteiger charge is -2.45. The Labute approximate surface area is 129 Å². The lowest BCUT2D eigenvalue weighted by atomic mass is 9.69. The van der Waals surface area contributed by atoms with Crippen molar-refractivity contribution in [2.45, 2.75) is 51.4 Å². The van der Waals surface area contributed by atoms with Crippen LogP contribution in [0.2, 0.25) is 0 Å². The minimum absolute atomic E-state index is 0.361. The Morgan fingerprint density at radius 2 is 1.67 bits per heavy atom. The van der Waals surface area contributed by atoms with E-state index >= 15 is 0 Å². The summed E-state index contributed by atoms with van der Waals surface area (Å²) in [7, 11) is 0. The zero-order chi connectivity index (χ0) is 14.5. The van der Waals surface area contributed by atoms with Gasteiger partial charge in [0, 0.05) is 45.7 Å². The van der Waals surface area contributed by atoms with Crippen LogP contribution in [0.1, 0.15) is 51.4 Å². The quantitative estimate of drug-likeness (QED) is 0.862. The van der Waals surface area contributed by atoms with Crippen LogP contribution < -0.4 is 5.32 Å². The fraction of sp³-hybridized carbons (Fsp3) is 0.941. The third-order valence-corrected chi connectivity index (χ3v) is 5.77. The molecule has 0 aromatic heterocycles. The van der Waals surface area contributed by atoms with Gasteiger partial charge in [-0.25, -0.2) is 0 Å². The topological polar surface area (TPSA) is 35.6 Å².